The Morgan fingerprint density at radius 2 is 1.59 bits per heavy atom. The first-order valence-corrected chi connectivity index (χ1v) is 8.39. The quantitative estimate of drug-likeness (QED) is 0.739. The van der Waals surface area contributed by atoms with Crippen LogP contribution in [-0.4, -0.2) is 28.9 Å². The predicted octanol–water partition coefficient (Wildman–Crippen LogP) is 3.47. The average molecular weight is 364 g/mol. The van der Waals surface area contributed by atoms with E-state index in [2.05, 4.69) is 20.6 Å². The molecule has 7 heteroatoms. The molecule has 2 N–H and O–H groups in total. The maximum absolute atomic E-state index is 12.7. The van der Waals surface area contributed by atoms with E-state index in [1.165, 1.54) is 14.0 Å². The van der Waals surface area contributed by atoms with E-state index in [0.717, 1.165) is 16.9 Å². The van der Waals surface area contributed by atoms with Crippen molar-refractivity contribution in [2.75, 3.05) is 17.7 Å². The van der Waals surface area contributed by atoms with E-state index >= 15 is 0 Å². The molecule has 2 aromatic carbocycles. The summed E-state index contributed by atoms with van der Waals surface area (Å²) in [5.41, 5.74) is 4.44. The number of aryl methyl sites for hydroxylation is 2. The lowest BCUT2D eigenvalue weighted by Crippen LogP contribution is -2.15. The van der Waals surface area contributed by atoms with Crippen molar-refractivity contribution >= 4 is 34.2 Å². The number of nitrogens with one attached hydrogen (secondary N) is 2. The molecule has 0 aliphatic heterocycles. The van der Waals surface area contributed by atoms with Crippen LogP contribution in [0, 0.1) is 13.8 Å². The molecular weight excluding hydrogens is 344 g/mol. The van der Waals surface area contributed by atoms with Gasteiger partial charge in [0, 0.05) is 18.6 Å². The number of ether oxygens (including phenoxy) is 1. The Morgan fingerprint density at radius 1 is 0.889 bits per heavy atom. The third kappa shape index (κ3) is 4.03. The first-order valence-electron chi connectivity index (χ1n) is 8.39. The van der Waals surface area contributed by atoms with E-state index in [1.807, 2.05) is 13.8 Å². The van der Waals surface area contributed by atoms with Crippen LogP contribution < -0.4 is 15.4 Å². The molecule has 0 atom stereocenters. The number of amides is 2. The van der Waals surface area contributed by atoms with Crippen LogP contribution in [-0.2, 0) is 4.79 Å². The van der Waals surface area contributed by atoms with E-state index in [-0.39, 0.29) is 11.8 Å². The number of carbonyl (C=O) groups excluding carboxylic acids is 2. The van der Waals surface area contributed by atoms with Crippen LogP contribution in [0.1, 0.15) is 28.7 Å². The normalized spacial score (nSPS) is 10.5. The molecule has 0 spiro atoms. The van der Waals surface area contributed by atoms with Crippen LogP contribution in [0.5, 0.6) is 5.75 Å². The Labute approximate surface area is 156 Å². The molecule has 0 aliphatic rings. The standard InChI is InChI=1S/C20H20N4O3/c1-11-12(2)22-18-9-14(5-7-16(18)21-11)20(26)24-19-10-15(27-4)6-8-17(19)23-13(3)25/h5-10H,1-4H3,(H,23,25)(H,24,26). The van der Waals surface area contributed by atoms with Crippen molar-refractivity contribution in [1.82, 2.24) is 9.97 Å². The van der Waals surface area contributed by atoms with Crippen molar-refractivity contribution in [3.05, 3.63) is 53.3 Å². The van der Waals surface area contributed by atoms with Gasteiger partial charge in [-0.05, 0) is 44.2 Å². The fourth-order valence-electron chi connectivity index (χ4n) is 2.62. The summed E-state index contributed by atoms with van der Waals surface area (Å²) in [5, 5.41) is 5.51. The first-order chi connectivity index (χ1) is 12.9. The van der Waals surface area contributed by atoms with Crippen LogP contribution >= 0.6 is 0 Å². The van der Waals surface area contributed by atoms with Crippen molar-refractivity contribution in [1.29, 1.82) is 0 Å². The van der Waals surface area contributed by atoms with Crippen LogP contribution in [0.15, 0.2) is 36.4 Å². The van der Waals surface area contributed by atoms with Gasteiger partial charge >= 0.3 is 0 Å². The average Bonchev–Trinajstić information content (AvgIpc) is 2.63. The summed E-state index contributed by atoms with van der Waals surface area (Å²) in [7, 11) is 1.53. The summed E-state index contributed by atoms with van der Waals surface area (Å²) >= 11 is 0. The molecule has 3 rings (SSSR count). The largest absolute Gasteiger partial charge is 0.497 e. The second-order valence-electron chi connectivity index (χ2n) is 6.14. The number of aromatic nitrogens is 2. The van der Waals surface area contributed by atoms with Gasteiger partial charge in [0.1, 0.15) is 5.75 Å². The second-order valence-corrected chi connectivity index (χ2v) is 6.14. The molecule has 0 saturated carbocycles. The minimum Gasteiger partial charge on any atom is -0.497 e. The minimum atomic E-state index is -0.322. The number of carbonyl (C=O) groups is 2. The van der Waals surface area contributed by atoms with Gasteiger partial charge in [0.25, 0.3) is 5.91 Å². The summed E-state index contributed by atoms with van der Waals surface area (Å²) in [6.07, 6.45) is 0. The molecule has 1 aromatic heterocycles. The van der Waals surface area contributed by atoms with Crippen molar-refractivity contribution in [2.45, 2.75) is 20.8 Å². The van der Waals surface area contributed by atoms with Crippen molar-refractivity contribution in [3.8, 4) is 5.75 Å². The zero-order valence-electron chi connectivity index (χ0n) is 15.6. The zero-order chi connectivity index (χ0) is 19.6. The smallest absolute Gasteiger partial charge is 0.255 e. The van der Waals surface area contributed by atoms with Crippen molar-refractivity contribution < 1.29 is 14.3 Å². The van der Waals surface area contributed by atoms with E-state index in [0.29, 0.717) is 28.2 Å². The van der Waals surface area contributed by atoms with Gasteiger partial charge in [-0.25, -0.2) is 9.97 Å². The fraction of sp³-hybridized carbons (Fsp3) is 0.200. The highest BCUT2D eigenvalue weighted by Crippen LogP contribution is 2.28. The van der Waals surface area contributed by atoms with E-state index < -0.39 is 0 Å². The zero-order valence-corrected chi connectivity index (χ0v) is 15.6. The summed E-state index contributed by atoms with van der Waals surface area (Å²) in [6.45, 7) is 5.18. The van der Waals surface area contributed by atoms with E-state index in [1.54, 1.807) is 36.4 Å². The van der Waals surface area contributed by atoms with Gasteiger partial charge in [-0.3, -0.25) is 9.59 Å². The molecule has 7 nitrogen and oxygen atoms in total. The topological polar surface area (TPSA) is 93.2 Å². The predicted molar refractivity (Wildman–Crippen MR) is 104 cm³/mol. The summed E-state index contributed by atoms with van der Waals surface area (Å²) in [6, 6.07) is 10.2. The summed E-state index contributed by atoms with van der Waals surface area (Å²) in [4.78, 5) is 33.1. The number of fused-ring (bicyclic) bond motifs is 1. The molecule has 0 saturated heterocycles. The molecule has 3 aromatic rings. The van der Waals surface area contributed by atoms with Gasteiger partial charge in [-0.15, -0.1) is 0 Å². The Bertz CT molecular complexity index is 1050. The molecular formula is C20H20N4O3. The highest BCUT2D eigenvalue weighted by atomic mass is 16.5. The molecule has 0 bridgehead atoms. The molecule has 138 valence electrons. The monoisotopic (exact) mass is 364 g/mol. The summed E-state index contributed by atoms with van der Waals surface area (Å²) < 4.78 is 5.20. The minimum absolute atomic E-state index is 0.234. The number of nitrogens with zero attached hydrogens (tertiary/aromatic N) is 2. The third-order valence-corrected chi connectivity index (χ3v) is 4.12. The fourth-order valence-corrected chi connectivity index (χ4v) is 2.62. The molecule has 0 unspecified atom stereocenters. The molecule has 0 fully saturated rings. The molecule has 0 aliphatic carbocycles. The van der Waals surface area contributed by atoms with Gasteiger partial charge < -0.3 is 15.4 Å². The van der Waals surface area contributed by atoms with Crippen molar-refractivity contribution in [2.24, 2.45) is 0 Å². The highest BCUT2D eigenvalue weighted by molar-refractivity contribution is 6.08. The number of benzene rings is 2. The van der Waals surface area contributed by atoms with Crippen molar-refractivity contribution in [3.63, 3.8) is 0 Å². The van der Waals surface area contributed by atoms with Crippen LogP contribution in [0.3, 0.4) is 0 Å². The number of methoxy groups -OCH3 is 1. The number of hydrogen-bond acceptors (Lipinski definition) is 5. The van der Waals surface area contributed by atoms with Crippen LogP contribution in [0.25, 0.3) is 11.0 Å². The van der Waals surface area contributed by atoms with E-state index in [4.69, 9.17) is 4.74 Å². The van der Waals surface area contributed by atoms with E-state index in [9.17, 15) is 9.59 Å². The summed E-state index contributed by atoms with van der Waals surface area (Å²) in [5.74, 6) is 0.00848. The Hall–Kier alpha value is -3.48. The third-order valence-electron chi connectivity index (χ3n) is 4.12. The SMILES string of the molecule is COc1ccc(NC(C)=O)c(NC(=O)c2ccc3nc(C)c(C)nc3c2)c1. The molecule has 2 amide bonds. The molecule has 27 heavy (non-hydrogen) atoms. The number of hydrogen-bond donors (Lipinski definition) is 2. The second kappa shape index (κ2) is 7.41. The van der Waals surface area contributed by atoms with Gasteiger partial charge in [-0.2, -0.15) is 0 Å². The van der Waals surface area contributed by atoms with Crippen LogP contribution in [0.2, 0.25) is 0 Å². The maximum atomic E-state index is 12.7. The van der Waals surface area contributed by atoms with Gasteiger partial charge in [0.2, 0.25) is 5.91 Å². The highest BCUT2D eigenvalue weighted by Gasteiger charge is 2.13. The van der Waals surface area contributed by atoms with Gasteiger partial charge in [-0.1, -0.05) is 0 Å². The molecule has 0 radical (unpaired) electrons. The van der Waals surface area contributed by atoms with Gasteiger partial charge in [0.15, 0.2) is 0 Å². The lowest BCUT2D eigenvalue weighted by atomic mass is 10.1. The lowest BCUT2D eigenvalue weighted by molar-refractivity contribution is -0.114. The Kier molecular flexibility index (Phi) is 5.03. The number of anilines is 2. The maximum Gasteiger partial charge on any atom is 0.255 e. The Morgan fingerprint density at radius 3 is 2.26 bits per heavy atom. The first kappa shape index (κ1) is 18.3. The number of rotatable bonds is 4. The van der Waals surface area contributed by atoms with Gasteiger partial charge in [0.05, 0.1) is 40.9 Å². The molecule has 1 heterocycles. The Balaban J connectivity index is 1.94. The van der Waals surface area contributed by atoms with Crippen LogP contribution in [0.4, 0.5) is 11.4 Å². The lowest BCUT2D eigenvalue weighted by Gasteiger charge is -2.13.